The zero-order valence-electron chi connectivity index (χ0n) is 16.2. The molecule has 3 aliphatic rings. The number of cyclic esters (lactones) is 1. The summed E-state index contributed by atoms with van der Waals surface area (Å²) >= 11 is 0. The van der Waals surface area contributed by atoms with Gasteiger partial charge in [-0.25, -0.2) is 13.6 Å². The summed E-state index contributed by atoms with van der Waals surface area (Å²) in [6.45, 7) is 3.57. The molecule has 0 aliphatic carbocycles. The van der Waals surface area contributed by atoms with Gasteiger partial charge in [-0.15, -0.1) is 0 Å². The number of aliphatic hydroxyl groups is 1. The van der Waals surface area contributed by atoms with Crippen molar-refractivity contribution in [3.63, 3.8) is 0 Å². The number of amides is 1. The topological polar surface area (TPSA) is 71.5 Å². The van der Waals surface area contributed by atoms with Crippen LogP contribution in [0.1, 0.15) is 19.3 Å². The Hall–Kier alpha value is -2.13. The maximum absolute atomic E-state index is 13.4. The zero-order chi connectivity index (χ0) is 20.4. The van der Waals surface area contributed by atoms with Gasteiger partial charge >= 0.3 is 6.09 Å². The summed E-state index contributed by atoms with van der Waals surface area (Å²) in [4.78, 5) is 15.6. The van der Waals surface area contributed by atoms with Crippen molar-refractivity contribution in [1.29, 1.82) is 0 Å². The van der Waals surface area contributed by atoms with Crippen LogP contribution in [0.2, 0.25) is 0 Å². The third kappa shape index (κ3) is 4.56. The number of likely N-dealkylation sites (tertiary alicyclic amines) is 1. The second-order valence-corrected chi connectivity index (χ2v) is 7.90. The molecule has 0 spiro atoms. The maximum atomic E-state index is 13.4. The number of hydrogen-bond donors (Lipinski definition) is 1. The highest BCUT2D eigenvalue weighted by molar-refractivity contribution is 5.70. The first-order valence-corrected chi connectivity index (χ1v) is 10.1. The molecule has 29 heavy (non-hydrogen) atoms. The van der Waals surface area contributed by atoms with Crippen molar-refractivity contribution in [2.24, 2.45) is 5.92 Å². The molecule has 0 aromatic heterocycles. The predicted octanol–water partition coefficient (Wildman–Crippen LogP) is 2.02. The molecule has 0 saturated carbocycles. The third-order valence-corrected chi connectivity index (χ3v) is 5.94. The van der Waals surface area contributed by atoms with Gasteiger partial charge in [-0.3, -0.25) is 9.80 Å². The molecule has 2 saturated heterocycles. The molecule has 0 radical (unpaired) electrons. The number of carbonyl (C=O) groups excluding carboxylic acids is 1. The van der Waals surface area contributed by atoms with Crippen molar-refractivity contribution in [2.45, 2.75) is 31.4 Å². The van der Waals surface area contributed by atoms with Crippen molar-refractivity contribution >= 4 is 6.09 Å². The number of halogens is 2. The van der Waals surface area contributed by atoms with Gasteiger partial charge in [-0.2, -0.15) is 0 Å². The standard InChI is InChI=1S/C20H26F2N2O5/c21-16-7-18-19(8-17(16)22)29-15(12-27-18)9-23-4-1-13(2-5-23)3-6-24-14(10-25)11-28-20(24)26/h7-8,13-15,25H,1-6,9-12H2. The molecule has 2 fully saturated rings. The number of ether oxygens (including phenoxy) is 3. The number of fused-ring (bicyclic) bond motifs is 1. The summed E-state index contributed by atoms with van der Waals surface area (Å²) in [7, 11) is 0. The van der Waals surface area contributed by atoms with Gasteiger partial charge in [-0.05, 0) is 38.3 Å². The molecule has 3 heterocycles. The lowest BCUT2D eigenvalue weighted by Crippen LogP contribution is -2.44. The average Bonchev–Trinajstić information content (AvgIpc) is 3.08. The zero-order valence-corrected chi connectivity index (χ0v) is 16.2. The van der Waals surface area contributed by atoms with Gasteiger partial charge in [0.1, 0.15) is 19.3 Å². The van der Waals surface area contributed by atoms with Gasteiger partial charge in [0.05, 0.1) is 12.6 Å². The molecule has 2 unspecified atom stereocenters. The van der Waals surface area contributed by atoms with Crippen LogP contribution in [0, 0.1) is 17.6 Å². The van der Waals surface area contributed by atoms with Crippen molar-refractivity contribution in [1.82, 2.24) is 9.80 Å². The Morgan fingerprint density at radius 1 is 1.07 bits per heavy atom. The van der Waals surface area contributed by atoms with Crippen LogP contribution in [0.25, 0.3) is 0 Å². The smallest absolute Gasteiger partial charge is 0.410 e. The van der Waals surface area contributed by atoms with Crippen LogP contribution in [0.3, 0.4) is 0 Å². The minimum absolute atomic E-state index is 0.0761. The van der Waals surface area contributed by atoms with Crippen molar-refractivity contribution in [3.8, 4) is 11.5 Å². The quantitative estimate of drug-likeness (QED) is 0.771. The Bertz CT molecular complexity index is 742. The van der Waals surface area contributed by atoms with E-state index >= 15 is 0 Å². The van der Waals surface area contributed by atoms with Crippen molar-refractivity contribution < 1.29 is 32.9 Å². The second-order valence-electron chi connectivity index (χ2n) is 7.90. The maximum Gasteiger partial charge on any atom is 0.410 e. The van der Waals surface area contributed by atoms with Gasteiger partial charge in [0.15, 0.2) is 23.1 Å². The summed E-state index contributed by atoms with van der Waals surface area (Å²) in [5.41, 5.74) is 0. The number of carbonyl (C=O) groups is 1. The van der Waals surface area contributed by atoms with Crippen LogP contribution in [0.4, 0.5) is 13.6 Å². The highest BCUT2D eigenvalue weighted by Gasteiger charge is 2.33. The minimum atomic E-state index is -0.945. The fourth-order valence-corrected chi connectivity index (χ4v) is 4.18. The van der Waals surface area contributed by atoms with Crippen LogP contribution in [0.5, 0.6) is 11.5 Å². The first-order valence-electron chi connectivity index (χ1n) is 10.1. The summed E-state index contributed by atoms with van der Waals surface area (Å²) < 4.78 is 43.0. The highest BCUT2D eigenvalue weighted by atomic mass is 19.2. The molecule has 3 aliphatic heterocycles. The van der Waals surface area contributed by atoms with Crippen LogP contribution in [-0.2, 0) is 4.74 Å². The van der Waals surface area contributed by atoms with Crippen LogP contribution in [-0.4, -0.2) is 79.1 Å². The van der Waals surface area contributed by atoms with E-state index in [0.717, 1.165) is 44.5 Å². The monoisotopic (exact) mass is 412 g/mol. The molecule has 4 rings (SSSR count). The minimum Gasteiger partial charge on any atom is -0.486 e. The largest absolute Gasteiger partial charge is 0.486 e. The SMILES string of the molecule is O=C1OCC(CO)N1CCC1CCN(CC2COc3cc(F)c(F)cc3O2)CC1. The summed E-state index contributed by atoms with van der Waals surface area (Å²) in [5, 5.41) is 9.33. The number of aliphatic hydroxyl groups excluding tert-OH is 1. The Kier molecular flexibility index (Phi) is 6.05. The average molecular weight is 412 g/mol. The third-order valence-electron chi connectivity index (χ3n) is 5.94. The van der Waals surface area contributed by atoms with E-state index in [1.54, 1.807) is 4.90 Å². The lowest BCUT2D eigenvalue weighted by Gasteiger charge is -2.36. The van der Waals surface area contributed by atoms with E-state index in [9.17, 15) is 18.7 Å². The summed E-state index contributed by atoms with van der Waals surface area (Å²) in [6, 6.07) is 1.82. The molecular weight excluding hydrogens is 386 g/mol. The molecule has 1 amide bonds. The highest BCUT2D eigenvalue weighted by Crippen LogP contribution is 2.34. The van der Waals surface area contributed by atoms with Crippen molar-refractivity contribution in [3.05, 3.63) is 23.8 Å². The Morgan fingerprint density at radius 3 is 2.52 bits per heavy atom. The van der Waals surface area contributed by atoms with Gasteiger partial charge < -0.3 is 19.3 Å². The lowest BCUT2D eigenvalue weighted by atomic mass is 9.93. The predicted molar refractivity (Wildman–Crippen MR) is 99.0 cm³/mol. The second kappa shape index (κ2) is 8.71. The molecule has 1 aromatic carbocycles. The van der Waals surface area contributed by atoms with E-state index < -0.39 is 11.6 Å². The van der Waals surface area contributed by atoms with Crippen LogP contribution < -0.4 is 9.47 Å². The Balaban J connectivity index is 1.21. The molecule has 0 bridgehead atoms. The van der Waals surface area contributed by atoms with E-state index in [-0.39, 0.29) is 43.0 Å². The summed E-state index contributed by atoms with van der Waals surface area (Å²) in [5.74, 6) is -0.897. The lowest BCUT2D eigenvalue weighted by molar-refractivity contribution is 0.0457. The first kappa shape index (κ1) is 20.2. The van der Waals surface area contributed by atoms with Gasteiger partial charge in [0.25, 0.3) is 0 Å². The number of hydrogen-bond acceptors (Lipinski definition) is 6. The van der Waals surface area contributed by atoms with Gasteiger partial charge in [0, 0.05) is 25.2 Å². The molecule has 9 heteroatoms. The molecule has 160 valence electrons. The number of benzene rings is 1. The molecule has 2 atom stereocenters. The molecule has 1 aromatic rings. The number of nitrogens with zero attached hydrogens (tertiary/aromatic N) is 2. The molecule has 7 nitrogen and oxygen atoms in total. The van der Waals surface area contributed by atoms with Crippen molar-refractivity contribution in [2.75, 3.05) is 46.0 Å². The van der Waals surface area contributed by atoms with Gasteiger partial charge in [-0.1, -0.05) is 0 Å². The van der Waals surface area contributed by atoms with E-state index in [4.69, 9.17) is 14.2 Å². The Labute approximate surface area is 168 Å². The Morgan fingerprint density at radius 2 is 1.79 bits per heavy atom. The first-order chi connectivity index (χ1) is 14.0. The van der Waals surface area contributed by atoms with E-state index in [1.807, 2.05) is 0 Å². The fraction of sp³-hybridized carbons (Fsp3) is 0.650. The molecule has 1 N–H and O–H groups in total. The van der Waals surface area contributed by atoms with E-state index in [1.165, 1.54) is 0 Å². The van der Waals surface area contributed by atoms with Gasteiger partial charge in [0.2, 0.25) is 0 Å². The van der Waals surface area contributed by atoms with Crippen LogP contribution >= 0.6 is 0 Å². The number of rotatable bonds is 6. The fourth-order valence-electron chi connectivity index (χ4n) is 4.18. The van der Waals surface area contributed by atoms with E-state index in [0.29, 0.717) is 25.6 Å². The van der Waals surface area contributed by atoms with E-state index in [2.05, 4.69) is 4.90 Å². The van der Waals surface area contributed by atoms with Crippen LogP contribution in [0.15, 0.2) is 12.1 Å². The molecular formula is C20H26F2N2O5. The summed E-state index contributed by atoms with van der Waals surface area (Å²) in [6.07, 6.45) is 2.34. The normalized spacial score (nSPS) is 25.3. The number of piperidine rings is 1.